The Morgan fingerprint density at radius 3 is 2.39 bits per heavy atom. The number of nitrogens with one attached hydrogen (secondary N) is 1. The second-order valence-corrected chi connectivity index (χ2v) is 8.87. The molecule has 176 valence electrons. The summed E-state index contributed by atoms with van der Waals surface area (Å²) in [5.41, 5.74) is 1.69. The summed E-state index contributed by atoms with van der Waals surface area (Å²) in [6, 6.07) is 14.0. The average Bonchev–Trinajstić information content (AvgIpc) is 3.18. The minimum Gasteiger partial charge on any atom is -0.497 e. The van der Waals surface area contributed by atoms with Crippen molar-refractivity contribution in [2.45, 2.75) is 37.3 Å². The van der Waals surface area contributed by atoms with E-state index in [4.69, 9.17) is 21.7 Å². The highest BCUT2D eigenvalue weighted by Gasteiger charge is 2.54. The maximum Gasteiger partial charge on any atom is 0.228 e. The molecule has 8 nitrogen and oxygen atoms in total. The number of aliphatic hydroxyl groups is 2. The van der Waals surface area contributed by atoms with E-state index < -0.39 is 30.2 Å². The molecule has 1 aliphatic heterocycles. The number of methoxy groups -OCH3 is 2. The zero-order chi connectivity index (χ0) is 23.7. The number of rotatable bonds is 6. The maximum atomic E-state index is 13.6. The second-order valence-electron chi connectivity index (χ2n) is 8.49. The van der Waals surface area contributed by atoms with Gasteiger partial charge in [-0.25, -0.2) is 0 Å². The van der Waals surface area contributed by atoms with E-state index in [0.717, 1.165) is 5.56 Å². The van der Waals surface area contributed by atoms with Crippen LogP contribution in [0.3, 0.4) is 0 Å². The maximum absolute atomic E-state index is 13.6. The van der Waals surface area contributed by atoms with Gasteiger partial charge in [0, 0.05) is 31.8 Å². The number of anilines is 1. The van der Waals surface area contributed by atoms with Crippen molar-refractivity contribution < 1.29 is 24.5 Å². The molecule has 1 aliphatic carbocycles. The molecule has 9 heteroatoms. The summed E-state index contributed by atoms with van der Waals surface area (Å²) in [6.07, 6.45) is -1.98. The molecular formula is C24H29N3O5S. The van der Waals surface area contributed by atoms with Gasteiger partial charge in [-0.3, -0.25) is 4.79 Å². The Labute approximate surface area is 198 Å². The minimum absolute atomic E-state index is 0.119. The average molecular weight is 472 g/mol. The summed E-state index contributed by atoms with van der Waals surface area (Å²) in [6.45, 7) is 0.442. The standard InChI is InChI=1S/C24H29N3O5S/c1-26(13-14-7-5-4-6-8-14)23(30)18-12-19(28)22(29)20-21(18)27(24(33)25-20)15-9-16(31-2)11-17(10-15)32-3/h4-11,18-22,28-29H,12-13H2,1-3H3,(H,25,33). The van der Waals surface area contributed by atoms with E-state index in [1.54, 1.807) is 32.2 Å². The molecule has 0 radical (unpaired) electrons. The van der Waals surface area contributed by atoms with Crippen LogP contribution >= 0.6 is 12.2 Å². The number of carbonyl (C=O) groups excluding carboxylic acids is 1. The molecule has 1 saturated heterocycles. The molecule has 0 spiro atoms. The third-order valence-corrected chi connectivity index (χ3v) is 6.73. The Balaban J connectivity index is 1.69. The van der Waals surface area contributed by atoms with Crippen molar-refractivity contribution in [1.29, 1.82) is 0 Å². The molecule has 1 amide bonds. The quantitative estimate of drug-likeness (QED) is 0.547. The van der Waals surface area contributed by atoms with Crippen LogP contribution in [-0.4, -0.2) is 71.7 Å². The largest absolute Gasteiger partial charge is 0.497 e. The molecule has 33 heavy (non-hydrogen) atoms. The predicted molar refractivity (Wildman–Crippen MR) is 128 cm³/mol. The molecule has 2 aliphatic rings. The number of carbonyl (C=O) groups is 1. The lowest BCUT2D eigenvalue weighted by Crippen LogP contribution is -2.61. The van der Waals surface area contributed by atoms with Gasteiger partial charge in [0.1, 0.15) is 17.6 Å². The number of hydrogen-bond donors (Lipinski definition) is 3. The fourth-order valence-electron chi connectivity index (χ4n) is 4.78. The lowest BCUT2D eigenvalue weighted by atomic mass is 9.77. The summed E-state index contributed by atoms with van der Waals surface area (Å²) in [4.78, 5) is 17.1. The van der Waals surface area contributed by atoms with Gasteiger partial charge in [0.05, 0.1) is 44.0 Å². The molecule has 2 fully saturated rings. The Morgan fingerprint density at radius 2 is 1.79 bits per heavy atom. The van der Waals surface area contributed by atoms with E-state index in [9.17, 15) is 15.0 Å². The van der Waals surface area contributed by atoms with Crippen molar-refractivity contribution in [3.8, 4) is 11.5 Å². The van der Waals surface area contributed by atoms with Gasteiger partial charge in [0.2, 0.25) is 5.91 Å². The Hall–Kier alpha value is -2.88. The monoisotopic (exact) mass is 471 g/mol. The van der Waals surface area contributed by atoms with E-state index in [1.807, 2.05) is 47.4 Å². The number of fused-ring (bicyclic) bond motifs is 1. The van der Waals surface area contributed by atoms with E-state index in [1.165, 1.54) is 0 Å². The molecule has 0 bridgehead atoms. The SMILES string of the molecule is COc1cc(OC)cc(N2C(=S)NC3C(O)C(O)CC(C(=O)N(C)Cc4ccccc4)C32)c1. The summed E-state index contributed by atoms with van der Waals surface area (Å²) >= 11 is 5.61. The molecule has 2 aromatic rings. The van der Waals surface area contributed by atoms with Gasteiger partial charge in [-0.1, -0.05) is 30.3 Å². The van der Waals surface area contributed by atoms with Crippen LogP contribution in [0, 0.1) is 5.92 Å². The van der Waals surface area contributed by atoms with Crippen LogP contribution in [0.25, 0.3) is 0 Å². The number of hydrogen-bond acceptors (Lipinski definition) is 6. The number of thiocarbonyl (C=S) groups is 1. The third-order valence-electron chi connectivity index (χ3n) is 6.42. The highest BCUT2D eigenvalue weighted by molar-refractivity contribution is 7.80. The van der Waals surface area contributed by atoms with Crippen molar-refractivity contribution in [2.75, 3.05) is 26.2 Å². The van der Waals surface area contributed by atoms with Gasteiger partial charge in [0.25, 0.3) is 0 Å². The van der Waals surface area contributed by atoms with Gasteiger partial charge in [-0.2, -0.15) is 0 Å². The van der Waals surface area contributed by atoms with Crippen molar-refractivity contribution >= 4 is 28.9 Å². The molecular weight excluding hydrogens is 442 g/mol. The first-order valence-corrected chi connectivity index (χ1v) is 11.2. The summed E-state index contributed by atoms with van der Waals surface area (Å²) < 4.78 is 10.8. The lowest BCUT2D eigenvalue weighted by molar-refractivity contribution is -0.141. The molecule has 5 atom stereocenters. The van der Waals surface area contributed by atoms with Crippen molar-refractivity contribution in [1.82, 2.24) is 10.2 Å². The van der Waals surface area contributed by atoms with Gasteiger partial charge in [0.15, 0.2) is 5.11 Å². The first-order chi connectivity index (χ1) is 15.8. The number of aliphatic hydroxyl groups excluding tert-OH is 2. The van der Waals surface area contributed by atoms with E-state index >= 15 is 0 Å². The Bertz CT molecular complexity index is 998. The van der Waals surface area contributed by atoms with E-state index in [2.05, 4.69) is 5.32 Å². The fraction of sp³-hybridized carbons (Fsp3) is 0.417. The zero-order valence-corrected chi connectivity index (χ0v) is 19.7. The topological polar surface area (TPSA) is 94.5 Å². The number of benzene rings is 2. The highest BCUT2D eigenvalue weighted by atomic mass is 32.1. The lowest BCUT2D eigenvalue weighted by Gasteiger charge is -2.42. The smallest absolute Gasteiger partial charge is 0.228 e. The predicted octanol–water partition coefficient (Wildman–Crippen LogP) is 1.54. The van der Waals surface area contributed by atoms with Crippen LogP contribution in [0.4, 0.5) is 5.69 Å². The number of nitrogens with zero attached hydrogens (tertiary/aromatic N) is 2. The first kappa shape index (κ1) is 23.3. The van der Waals surface area contributed by atoms with Gasteiger partial charge in [-0.05, 0) is 24.2 Å². The molecule has 5 unspecified atom stereocenters. The van der Waals surface area contributed by atoms with Gasteiger partial charge < -0.3 is 34.8 Å². The Morgan fingerprint density at radius 1 is 1.15 bits per heavy atom. The number of ether oxygens (including phenoxy) is 2. The zero-order valence-electron chi connectivity index (χ0n) is 18.8. The molecule has 3 N–H and O–H groups in total. The molecule has 1 heterocycles. The van der Waals surface area contributed by atoms with Crippen LogP contribution in [0.15, 0.2) is 48.5 Å². The molecule has 2 aromatic carbocycles. The van der Waals surface area contributed by atoms with Gasteiger partial charge in [-0.15, -0.1) is 0 Å². The second kappa shape index (κ2) is 9.54. The summed E-state index contributed by atoms with van der Waals surface area (Å²) in [7, 11) is 4.88. The van der Waals surface area contributed by atoms with E-state index in [0.29, 0.717) is 28.8 Å². The van der Waals surface area contributed by atoms with Crippen molar-refractivity contribution in [3.63, 3.8) is 0 Å². The third kappa shape index (κ3) is 4.48. The van der Waals surface area contributed by atoms with Crippen molar-refractivity contribution in [3.05, 3.63) is 54.1 Å². The van der Waals surface area contributed by atoms with Crippen LogP contribution in [0.2, 0.25) is 0 Å². The van der Waals surface area contributed by atoms with Crippen LogP contribution in [0.5, 0.6) is 11.5 Å². The van der Waals surface area contributed by atoms with Crippen LogP contribution in [-0.2, 0) is 11.3 Å². The fourth-order valence-corrected chi connectivity index (χ4v) is 5.14. The summed E-state index contributed by atoms with van der Waals surface area (Å²) in [5.74, 6) is 0.450. The minimum atomic E-state index is -1.06. The van der Waals surface area contributed by atoms with Crippen LogP contribution < -0.4 is 19.7 Å². The van der Waals surface area contributed by atoms with Crippen molar-refractivity contribution in [2.24, 2.45) is 5.92 Å². The normalized spacial score (nSPS) is 26.4. The highest BCUT2D eigenvalue weighted by Crippen LogP contribution is 2.39. The molecule has 1 saturated carbocycles. The molecule has 4 rings (SSSR count). The Kier molecular flexibility index (Phi) is 6.73. The number of amides is 1. The van der Waals surface area contributed by atoms with Gasteiger partial charge >= 0.3 is 0 Å². The first-order valence-electron chi connectivity index (χ1n) is 10.8. The van der Waals surface area contributed by atoms with Crippen LogP contribution in [0.1, 0.15) is 12.0 Å². The summed E-state index contributed by atoms with van der Waals surface area (Å²) in [5, 5.41) is 24.8. The van der Waals surface area contributed by atoms with E-state index in [-0.39, 0.29) is 12.3 Å². The molecule has 0 aromatic heterocycles.